The van der Waals surface area contributed by atoms with Gasteiger partial charge < -0.3 is 0 Å². The molecule has 1 saturated carbocycles. The molecule has 1 aromatic carbocycles. The molecule has 2 aromatic rings. The topological polar surface area (TPSA) is 42.9 Å². The fourth-order valence-electron chi connectivity index (χ4n) is 4.29. The number of ketones is 1. The van der Waals surface area contributed by atoms with Crippen LogP contribution in [0.5, 0.6) is 0 Å². The van der Waals surface area contributed by atoms with E-state index in [0.29, 0.717) is 11.7 Å². The highest BCUT2D eigenvalue weighted by molar-refractivity contribution is 6.24. The van der Waals surface area contributed by atoms with E-state index < -0.39 is 0 Å². The van der Waals surface area contributed by atoms with Crippen molar-refractivity contribution in [2.45, 2.75) is 39.5 Å². The molecule has 1 aromatic heterocycles. The van der Waals surface area contributed by atoms with Crippen molar-refractivity contribution in [2.75, 3.05) is 0 Å². The van der Waals surface area contributed by atoms with Crippen molar-refractivity contribution in [3.8, 4) is 11.3 Å². The zero-order valence-corrected chi connectivity index (χ0v) is 14.2. The van der Waals surface area contributed by atoms with Crippen molar-refractivity contribution in [3.05, 3.63) is 53.5 Å². The number of benzene rings is 1. The molecular weight excluding hydrogens is 296 g/mol. The third kappa shape index (κ3) is 2.39. The number of aromatic nitrogens is 2. The van der Waals surface area contributed by atoms with Gasteiger partial charge in [0.25, 0.3) is 0 Å². The summed E-state index contributed by atoms with van der Waals surface area (Å²) in [6.45, 7) is 4.31. The lowest BCUT2D eigenvalue weighted by Gasteiger charge is -2.25. The van der Waals surface area contributed by atoms with Gasteiger partial charge in [-0.05, 0) is 55.7 Å². The van der Waals surface area contributed by atoms with E-state index in [2.05, 4.69) is 42.0 Å². The molecule has 24 heavy (non-hydrogen) atoms. The molecule has 122 valence electrons. The van der Waals surface area contributed by atoms with Crippen molar-refractivity contribution >= 4 is 11.4 Å². The van der Waals surface area contributed by atoms with Gasteiger partial charge in [-0.3, -0.25) is 14.8 Å². The average molecular weight is 318 g/mol. The Kier molecular flexibility index (Phi) is 3.79. The second-order valence-corrected chi connectivity index (χ2v) is 6.95. The van der Waals surface area contributed by atoms with Crippen LogP contribution in [-0.2, 0) is 11.2 Å². The molecule has 2 bridgehead atoms. The molecule has 0 N–H and O–H groups in total. The van der Waals surface area contributed by atoms with Crippen LogP contribution in [0.15, 0.2) is 42.4 Å². The zero-order valence-electron chi connectivity index (χ0n) is 14.2. The van der Waals surface area contributed by atoms with E-state index >= 15 is 0 Å². The number of fused-ring (bicyclic) bond motifs is 2. The highest BCUT2D eigenvalue weighted by Crippen LogP contribution is 2.46. The predicted molar refractivity (Wildman–Crippen MR) is 95.3 cm³/mol. The number of nitrogens with zero attached hydrogens (tertiary/aromatic N) is 2. The molecule has 1 heterocycles. The number of aryl methyl sites for hydroxylation is 1. The van der Waals surface area contributed by atoms with Crippen molar-refractivity contribution in [1.29, 1.82) is 0 Å². The van der Waals surface area contributed by atoms with Gasteiger partial charge >= 0.3 is 0 Å². The number of allylic oxidation sites excluding steroid dienone is 2. The first-order chi connectivity index (χ1) is 11.7. The van der Waals surface area contributed by atoms with Crippen molar-refractivity contribution < 1.29 is 4.79 Å². The van der Waals surface area contributed by atoms with Gasteiger partial charge in [-0.1, -0.05) is 24.6 Å². The van der Waals surface area contributed by atoms with Crippen molar-refractivity contribution in [2.24, 2.45) is 11.8 Å². The summed E-state index contributed by atoms with van der Waals surface area (Å²) in [4.78, 5) is 21.6. The molecule has 0 spiro atoms. The SMILES string of the molecule is CCc1ccc(-c2cnccn2)cc1C1=C(C)[C@H]2CC[C@H](C2)C1=O. The van der Waals surface area contributed by atoms with Gasteiger partial charge in [-0.15, -0.1) is 0 Å². The van der Waals surface area contributed by atoms with E-state index in [4.69, 9.17) is 0 Å². The van der Waals surface area contributed by atoms with Crippen LogP contribution in [0.2, 0.25) is 0 Å². The van der Waals surface area contributed by atoms with Crippen LogP contribution in [0, 0.1) is 11.8 Å². The van der Waals surface area contributed by atoms with E-state index in [1.165, 1.54) is 11.1 Å². The summed E-state index contributed by atoms with van der Waals surface area (Å²) < 4.78 is 0. The minimum Gasteiger partial charge on any atom is -0.294 e. The van der Waals surface area contributed by atoms with E-state index in [1.807, 2.05) is 0 Å². The summed E-state index contributed by atoms with van der Waals surface area (Å²) >= 11 is 0. The maximum absolute atomic E-state index is 13.0. The van der Waals surface area contributed by atoms with E-state index in [1.54, 1.807) is 18.6 Å². The van der Waals surface area contributed by atoms with Gasteiger partial charge in [-0.25, -0.2) is 0 Å². The summed E-state index contributed by atoms with van der Waals surface area (Å²) in [5.41, 5.74) is 6.51. The molecule has 3 nitrogen and oxygen atoms in total. The molecule has 3 heteroatoms. The van der Waals surface area contributed by atoms with Crippen LogP contribution in [0.4, 0.5) is 0 Å². The van der Waals surface area contributed by atoms with E-state index in [9.17, 15) is 4.79 Å². The first-order valence-electron chi connectivity index (χ1n) is 8.83. The Bertz CT molecular complexity index is 823. The number of Topliss-reactive ketones (excluding diaryl/α,β-unsaturated/α-hetero) is 1. The van der Waals surface area contributed by atoms with Gasteiger partial charge in [-0.2, -0.15) is 0 Å². The summed E-state index contributed by atoms with van der Waals surface area (Å²) in [5, 5.41) is 0. The average Bonchev–Trinajstić information content (AvgIpc) is 3.08. The highest BCUT2D eigenvalue weighted by Gasteiger charge is 2.39. The Morgan fingerprint density at radius 3 is 2.75 bits per heavy atom. The first-order valence-corrected chi connectivity index (χ1v) is 8.83. The molecule has 2 aliphatic rings. The fraction of sp³-hybridized carbons (Fsp3) is 0.381. The number of rotatable bonds is 3. The fourth-order valence-corrected chi connectivity index (χ4v) is 4.29. The molecule has 0 aliphatic heterocycles. The van der Waals surface area contributed by atoms with Crippen LogP contribution in [0.25, 0.3) is 16.8 Å². The van der Waals surface area contributed by atoms with Crippen LogP contribution in [0.1, 0.15) is 44.2 Å². The lowest BCUT2D eigenvalue weighted by molar-refractivity contribution is -0.117. The largest absolute Gasteiger partial charge is 0.294 e. The molecule has 2 atom stereocenters. The smallest absolute Gasteiger partial charge is 0.166 e. The molecule has 4 rings (SSSR count). The van der Waals surface area contributed by atoms with Crippen LogP contribution in [-0.4, -0.2) is 15.8 Å². The maximum Gasteiger partial charge on any atom is 0.166 e. The second kappa shape index (κ2) is 5.97. The molecule has 1 fully saturated rings. The number of hydrogen-bond donors (Lipinski definition) is 0. The van der Waals surface area contributed by atoms with Crippen LogP contribution in [0.3, 0.4) is 0 Å². The Morgan fingerprint density at radius 1 is 1.17 bits per heavy atom. The number of hydrogen-bond acceptors (Lipinski definition) is 3. The molecular formula is C21H22N2O. The quantitative estimate of drug-likeness (QED) is 0.838. The number of carbonyl (C=O) groups is 1. The Balaban J connectivity index is 1.88. The van der Waals surface area contributed by atoms with Gasteiger partial charge in [0.1, 0.15) is 0 Å². The summed E-state index contributed by atoms with van der Waals surface area (Å²) in [7, 11) is 0. The zero-order chi connectivity index (χ0) is 16.7. The van der Waals surface area contributed by atoms with Crippen LogP contribution >= 0.6 is 0 Å². The summed E-state index contributed by atoms with van der Waals surface area (Å²) in [6, 6.07) is 6.37. The minimum absolute atomic E-state index is 0.235. The first kappa shape index (κ1) is 15.3. The van der Waals surface area contributed by atoms with Gasteiger partial charge in [0.05, 0.1) is 11.9 Å². The molecule has 0 unspecified atom stereocenters. The van der Waals surface area contributed by atoms with Gasteiger partial charge in [0, 0.05) is 29.4 Å². The lowest BCUT2D eigenvalue weighted by atomic mass is 9.78. The Labute approximate surface area is 142 Å². The molecule has 0 saturated heterocycles. The normalized spacial score (nSPS) is 23.0. The second-order valence-electron chi connectivity index (χ2n) is 6.95. The van der Waals surface area contributed by atoms with Gasteiger partial charge in [0.15, 0.2) is 5.78 Å². The number of carbonyl (C=O) groups excluding carboxylic acids is 1. The summed E-state index contributed by atoms with van der Waals surface area (Å²) in [5.74, 6) is 1.18. The highest BCUT2D eigenvalue weighted by atomic mass is 16.1. The molecule has 0 amide bonds. The Hall–Kier alpha value is -2.29. The minimum atomic E-state index is 0.235. The predicted octanol–water partition coefficient (Wildman–Crippen LogP) is 4.48. The standard InChI is InChI=1S/C21H22N2O/c1-3-14-4-6-16(19-12-22-8-9-23-19)11-18(14)20-13(2)15-5-7-17(10-15)21(20)24/h4,6,8-9,11-12,15,17H,3,5,7,10H2,1-2H3/t15-,17+/m0/s1. The molecule has 2 aliphatic carbocycles. The van der Waals surface area contributed by atoms with Gasteiger partial charge in [0.2, 0.25) is 0 Å². The van der Waals surface area contributed by atoms with E-state index in [-0.39, 0.29) is 5.92 Å². The Morgan fingerprint density at radius 2 is 2.00 bits per heavy atom. The lowest BCUT2D eigenvalue weighted by Crippen LogP contribution is -2.21. The monoisotopic (exact) mass is 318 g/mol. The van der Waals surface area contributed by atoms with Crippen molar-refractivity contribution in [1.82, 2.24) is 9.97 Å². The van der Waals surface area contributed by atoms with Crippen molar-refractivity contribution in [3.63, 3.8) is 0 Å². The maximum atomic E-state index is 13.0. The summed E-state index contributed by atoms with van der Waals surface area (Å²) in [6.07, 6.45) is 9.36. The van der Waals surface area contributed by atoms with E-state index in [0.717, 1.165) is 48.1 Å². The third-order valence-corrected chi connectivity index (χ3v) is 5.68. The molecule has 0 radical (unpaired) electrons. The van der Waals surface area contributed by atoms with Crippen LogP contribution < -0.4 is 0 Å². The third-order valence-electron chi connectivity index (χ3n) is 5.68.